The monoisotopic (exact) mass is 355 g/mol. The minimum absolute atomic E-state index is 0.0828. The summed E-state index contributed by atoms with van der Waals surface area (Å²) in [7, 11) is 1.65. The highest BCUT2D eigenvalue weighted by atomic mass is 16.5. The van der Waals surface area contributed by atoms with E-state index in [1.807, 2.05) is 24.3 Å². The highest BCUT2D eigenvalue weighted by molar-refractivity contribution is 5.96. The van der Waals surface area contributed by atoms with Crippen molar-refractivity contribution in [2.45, 2.75) is 52.4 Å². The zero-order valence-electron chi connectivity index (χ0n) is 16.0. The van der Waals surface area contributed by atoms with E-state index in [9.17, 15) is 4.79 Å². The second-order valence-electron chi connectivity index (χ2n) is 7.63. The minimum atomic E-state index is 0.0828. The molecule has 0 spiro atoms. The van der Waals surface area contributed by atoms with Gasteiger partial charge in [0, 0.05) is 12.0 Å². The first-order chi connectivity index (χ1) is 12.6. The van der Waals surface area contributed by atoms with Gasteiger partial charge < -0.3 is 10.1 Å². The van der Waals surface area contributed by atoms with E-state index in [0.717, 1.165) is 47.7 Å². The summed E-state index contributed by atoms with van der Waals surface area (Å²) in [5.74, 6) is 1.82. The quantitative estimate of drug-likeness (QED) is 0.749. The number of para-hydroxylation sites is 1. The van der Waals surface area contributed by atoms with Crippen molar-refractivity contribution in [2.75, 3.05) is 12.4 Å². The van der Waals surface area contributed by atoms with Crippen LogP contribution in [-0.4, -0.2) is 23.2 Å². The van der Waals surface area contributed by atoms with Crippen LogP contribution >= 0.6 is 0 Å². The van der Waals surface area contributed by atoms with Crippen LogP contribution in [0.15, 0.2) is 24.3 Å². The zero-order valence-corrected chi connectivity index (χ0v) is 16.0. The Morgan fingerprint density at radius 2 is 2.04 bits per heavy atom. The Labute approximate surface area is 155 Å². The Bertz CT molecular complexity index is 745. The van der Waals surface area contributed by atoms with Crippen LogP contribution < -0.4 is 10.1 Å². The number of benzene rings is 1. The lowest BCUT2D eigenvalue weighted by Crippen LogP contribution is -2.16. The average molecular weight is 355 g/mol. The summed E-state index contributed by atoms with van der Waals surface area (Å²) < 4.78 is 5.49. The molecule has 1 amide bonds. The number of nitrogens with one attached hydrogen (secondary N) is 2. The molecule has 3 rings (SSSR count). The van der Waals surface area contributed by atoms with Crippen LogP contribution in [0.4, 0.5) is 5.69 Å². The van der Waals surface area contributed by atoms with E-state index < -0.39 is 0 Å². The Hall–Kier alpha value is -2.30. The fourth-order valence-electron chi connectivity index (χ4n) is 3.77. The van der Waals surface area contributed by atoms with Crippen LogP contribution in [-0.2, 0) is 11.2 Å². The van der Waals surface area contributed by atoms with Crippen molar-refractivity contribution in [3.05, 3.63) is 30.0 Å². The molecule has 2 aromatic rings. The SMILES string of the molecule is COc1ccccc1-c1n[nH]c(CC(C)C)c1NC(=O)CC1CCCC1. The van der Waals surface area contributed by atoms with Crippen LogP contribution in [0, 0.1) is 11.8 Å². The molecule has 0 saturated heterocycles. The Morgan fingerprint density at radius 1 is 1.31 bits per heavy atom. The number of carbonyl (C=O) groups excluding carboxylic acids is 1. The molecule has 0 unspecified atom stereocenters. The molecule has 5 heteroatoms. The number of hydrogen-bond donors (Lipinski definition) is 2. The lowest BCUT2D eigenvalue weighted by Gasteiger charge is -2.13. The van der Waals surface area contributed by atoms with Crippen LogP contribution in [0.25, 0.3) is 11.3 Å². The molecule has 1 aliphatic rings. The van der Waals surface area contributed by atoms with Crippen LogP contribution in [0.2, 0.25) is 0 Å². The highest BCUT2D eigenvalue weighted by Crippen LogP contribution is 2.36. The molecule has 0 atom stereocenters. The van der Waals surface area contributed by atoms with Crippen molar-refractivity contribution < 1.29 is 9.53 Å². The second-order valence-corrected chi connectivity index (χ2v) is 7.63. The number of aromatic amines is 1. The van der Waals surface area contributed by atoms with Gasteiger partial charge in [0.25, 0.3) is 0 Å². The molecular weight excluding hydrogens is 326 g/mol. The van der Waals surface area contributed by atoms with Gasteiger partial charge in [-0.05, 0) is 43.2 Å². The van der Waals surface area contributed by atoms with E-state index in [1.165, 1.54) is 12.8 Å². The summed E-state index contributed by atoms with van der Waals surface area (Å²) in [6.07, 6.45) is 6.25. The summed E-state index contributed by atoms with van der Waals surface area (Å²) in [6.45, 7) is 4.32. The number of aromatic nitrogens is 2. The number of H-pyrrole nitrogens is 1. The maximum atomic E-state index is 12.7. The van der Waals surface area contributed by atoms with Crippen molar-refractivity contribution in [3.8, 4) is 17.0 Å². The minimum Gasteiger partial charge on any atom is -0.496 e. The van der Waals surface area contributed by atoms with Crippen molar-refractivity contribution in [1.29, 1.82) is 0 Å². The van der Waals surface area contributed by atoms with E-state index in [2.05, 4.69) is 29.4 Å². The van der Waals surface area contributed by atoms with Gasteiger partial charge in [0.2, 0.25) is 5.91 Å². The highest BCUT2D eigenvalue weighted by Gasteiger charge is 2.23. The van der Waals surface area contributed by atoms with Gasteiger partial charge in [-0.3, -0.25) is 9.89 Å². The van der Waals surface area contributed by atoms with Gasteiger partial charge in [-0.15, -0.1) is 0 Å². The molecule has 0 aliphatic heterocycles. The molecular formula is C21H29N3O2. The number of ether oxygens (including phenoxy) is 1. The number of hydrogen-bond acceptors (Lipinski definition) is 3. The summed E-state index contributed by atoms with van der Waals surface area (Å²) in [5, 5.41) is 10.8. The van der Waals surface area contributed by atoms with E-state index >= 15 is 0 Å². The van der Waals surface area contributed by atoms with Crippen molar-refractivity contribution in [1.82, 2.24) is 10.2 Å². The first-order valence-electron chi connectivity index (χ1n) is 9.59. The number of anilines is 1. The molecule has 26 heavy (non-hydrogen) atoms. The third kappa shape index (κ3) is 4.26. The van der Waals surface area contributed by atoms with E-state index in [1.54, 1.807) is 7.11 Å². The molecule has 1 aromatic carbocycles. The van der Waals surface area contributed by atoms with Crippen molar-refractivity contribution in [3.63, 3.8) is 0 Å². The van der Waals surface area contributed by atoms with Gasteiger partial charge >= 0.3 is 0 Å². The third-order valence-corrected chi connectivity index (χ3v) is 5.03. The normalized spacial score (nSPS) is 14.8. The molecule has 1 aromatic heterocycles. The van der Waals surface area contributed by atoms with E-state index in [0.29, 0.717) is 18.3 Å². The summed E-state index contributed by atoms with van der Waals surface area (Å²) >= 11 is 0. The second kappa shape index (κ2) is 8.39. The molecule has 1 heterocycles. The lowest BCUT2D eigenvalue weighted by molar-refractivity contribution is -0.117. The molecule has 0 bridgehead atoms. The van der Waals surface area contributed by atoms with Crippen LogP contribution in [0.1, 0.15) is 51.6 Å². The third-order valence-electron chi connectivity index (χ3n) is 5.03. The van der Waals surface area contributed by atoms with Gasteiger partial charge in [0.15, 0.2) is 0 Å². The van der Waals surface area contributed by atoms with Gasteiger partial charge in [0.05, 0.1) is 18.5 Å². The first-order valence-corrected chi connectivity index (χ1v) is 9.59. The number of amides is 1. The number of nitrogens with zero attached hydrogens (tertiary/aromatic N) is 1. The fraction of sp³-hybridized carbons (Fsp3) is 0.524. The van der Waals surface area contributed by atoms with Gasteiger partial charge in [-0.25, -0.2) is 0 Å². The van der Waals surface area contributed by atoms with Gasteiger partial charge in [-0.1, -0.05) is 38.8 Å². The van der Waals surface area contributed by atoms with E-state index in [4.69, 9.17) is 4.74 Å². The average Bonchev–Trinajstić information content (AvgIpc) is 3.25. The topological polar surface area (TPSA) is 67.0 Å². The molecule has 5 nitrogen and oxygen atoms in total. The Kier molecular flexibility index (Phi) is 5.96. The number of rotatable bonds is 7. The molecule has 1 saturated carbocycles. The molecule has 2 N–H and O–H groups in total. The predicted molar refractivity (Wildman–Crippen MR) is 104 cm³/mol. The lowest BCUT2D eigenvalue weighted by atomic mass is 10.0. The Balaban J connectivity index is 1.89. The summed E-state index contributed by atoms with van der Waals surface area (Å²) in [6, 6.07) is 7.78. The molecule has 1 fully saturated rings. The largest absolute Gasteiger partial charge is 0.496 e. The van der Waals surface area contributed by atoms with Gasteiger partial charge in [-0.2, -0.15) is 5.10 Å². The number of carbonyl (C=O) groups is 1. The zero-order chi connectivity index (χ0) is 18.5. The molecule has 1 aliphatic carbocycles. The fourth-order valence-corrected chi connectivity index (χ4v) is 3.77. The van der Waals surface area contributed by atoms with E-state index in [-0.39, 0.29) is 5.91 Å². The van der Waals surface area contributed by atoms with Crippen molar-refractivity contribution >= 4 is 11.6 Å². The van der Waals surface area contributed by atoms with Crippen molar-refractivity contribution in [2.24, 2.45) is 11.8 Å². The molecule has 140 valence electrons. The first kappa shape index (κ1) is 18.5. The molecule has 0 radical (unpaired) electrons. The van der Waals surface area contributed by atoms with Gasteiger partial charge in [0.1, 0.15) is 11.4 Å². The van der Waals surface area contributed by atoms with Crippen LogP contribution in [0.3, 0.4) is 0 Å². The summed E-state index contributed by atoms with van der Waals surface area (Å²) in [4.78, 5) is 12.7. The van der Waals surface area contributed by atoms with Crippen LogP contribution in [0.5, 0.6) is 5.75 Å². The predicted octanol–water partition coefficient (Wildman–Crippen LogP) is 4.80. The number of methoxy groups -OCH3 is 1. The Morgan fingerprint density at radius 3 is 2.73 bits per heavy atom. The maximum Gasteiger partial charge on any atom is 0.224 e. The standard InChI is InChI=1S/C21H29N3O2/c1-14(2)12-17-21(22-19(25)13-15-8-4-5-9-15)20(24-23-17)16-10-6-7-11-18(16)26-3/h6-7,10-11,14-15H,4-5,8-9,12-13H2,1-3H3,(H,22,25)(H,23,24). The maximum absolute atomic E-state index is 12.7. The summed E-state index contributed by atoms with van der Waals surface area (Å²) in [5.41, 5.74) is 3.40. The smallest absolute Gasteiger partial charge is 0.224 e.